The number of carbonyl (C=O) groups excluding carboxylic acids is 1. The van der Waals surface area contributed by atoms with Gasteiger partial charge in [0.15, 0.2) is 0 Å². The monoisotopic (exact) mass is 202 g/mol. The van der Waals surface area contributed by atoms with Gasteiger partial charge < -0.3 is 10.6 Å². The third-order valence-corrected chi connectivity index (χ3v) is 3.87. The van der Waals surface area contributed by atoms with Crippen LogP contribution in [0.3, 0.4) is 0 Å². The highest BCUT2D eigenvalue weighted by molar-refractivity contribution is 8.00. The number of hydrogen-bond donors (Lipinski definition) is 2. The Morgan fingerprint density at radius 1 is 1.54 bits per heavy atom. The van der Waals surface area contributed by atoms with E-state index in [2.05, 4.69) is 16.9 Å². The average molecular weight is 202 g/mol. The normalized spacial score (nSPS) is 18.3. The molecule has 0 spiro atoms. The molecule has 1 amide bonds. The van der Waals surface area contributed by atoms with Crippen LogP contribution in [0.2, 0.25) is 0 Å². The third-order valence-electron chi connectivity index (χ3n) is 2.45. The Balaban J connectivity index is 2.08. The SMILES string of the molecule is CNCCC(=O)NCC1(SC)CC1. The van der Waals surface area contributed by atoms with Gasteiger partial charge in [-0.15, -0.1) is 0 Å². The molecular formula is C9H18N2OS. The van der Waals surface area contributed by atoms with Crippen LogP contribution in [0.4, 0.5) is 0 Å². The average Bonchev–Trinajstić information content (AvgIpc) is 2.92. The van der Waals surface area contributed by atoms with Gasteiger partial charge in [0.1, 0.15) is 0 Å². The van der Waals surface area contributed by atoms with Gasteiger partial charge in [0.25, 0.3) is 0 Å². The van der Waals surface area contributed by atoms with E-state index in [1.165, 1.54) is 12.8 Å². The zero-order valence-electron chi connectivity index (χ0n) is 8.35. The second-order valence-corrected chi connectivity index (χ2v) is 4.79. The maximum absolute atomic E-state index is 11.2. The fourth-order valence-corrected chi connectivity index (χ4v) is 1.91. The van der Waals surface area contributed by atoms with E-state index in [4.69, 9.17) is 0 Å². The summed E-state index contributed by atoms with van der Waals surface area (Å²) in [6.45, 7) is 1.61. The first-order chi connectivity index (χ1) is 6.22. The van der Waals surface area contributed by atoms with Crippen LogP contribution in [0.5, 0.6) is 0 Å². The summed E-state index contributed by atoms with van der Waals surface area (Å²) in [5.41, 5.74) is 0. The maximum Gasteiger partial charge on any atom is 0.221 e. The molecule has 1 rings (SSSR count). The summed E-state index contributed by atoms with van der Waals surface area (Å²) in [5.74, 6) is 0.162. The molecule has 0 aliphatic heterocycles. The highest BCUT2D eigenvalue weighted by Crippen LogP contribution is 2.46. The first-order valence-electron chi connectivity index (χ1n) is 4.69. The summed E-state index contributed by atoms with van der Waals surface area (Å²) in [6.07, 6.45) is 5.20. The zero-order valence-corrected chi connectivity index (χ0v) is 9.17. The van der Waals surface area contributed by atoms with Gasteiger partial charge in [-0.05, 0) is 26.1 Å². The molecule has 13 heavy (non-hydrogen) atoms. The number of thioether (sulfide) groups is 1. The van der Waals surface area contributed by atoms with Gasteiger partial charge in [0.2, 0.25) is 5.91 Å². The first kappa shape index (κ1) is 10.9. The van der Waals surface area contributed by atoms with Crippen LogP contribution in [-0.2, 0) is 4.79 Å². The number of hydrogen-bond acceptors (Lipinski definition) is 3. The van der Waals surface area contributed by atoms with Gasteiger partial charge >= 0.3 is 0 Å². The van der Waals surface area contributed by atoms with Crippen LogP contribution in [0.25, 0.3) is 0 Å². The lowest BCUT2D eigenvalue weighted by Crippen LogP contribution is -2.33. The van der Waals surface area contributed by atoms with Crippen LogP contribution in [0.15, 0.2) is 0 Å². The lowest BCUT2D eigenvalue weighted by atomic mass is 10.3. The maximum atomic E-state index is 11.2. The molecule has 1 fully saturated rings. The van der Waals surface area contributed by atoms with Crippen molar-refractivity contribution in [2.24, 2.45) is 0 Å². The Hall–Kier alpha value is -0.220. The molecule has 1 aliphatic rings. The highest BCUT2D eigenvalue weighted by Gasteiger charge is 2.41. The molecule has 0 bridgehead atoms. The second kappa shape index (κ2) is 4.86. The Kier molecular flexibility index (Phi) is 4.06. The van der Waals surface area contributed by atoms with Gasteiger partial charge in [0, 0.05) is 24.3 Å². The van der Waals surface area contributed by atoms with E-state index >= 15 is 0 Å². The molecule has 0 heterocycles. The minimum atomic E-state index is 0.162. The molecule has 3 nitrogen and oxygen atoms in total. The summed E-state index contributed by atoms with van der Waals surface area (Å²) in [7, 11) is 1.86. The van der Waals surface area contributed by atoms with Crippen LogP contribution < -0.4 is 10.6 Å². The third kappa shape index (κ3) is 3.56. The van der Waals surface area contributed by atoms with E-state index in [1.807, 2.05) is 18.8 Å². The van der Waals surface area contributed by atoms with Crippen molar-refractivity contribution in [3.63, 3.8) is 0 Å². The van der Waals surface area contributed by atoms with E-state index in [0.717, 1.165) is 13.1 Å². The summed E-state index contributed by atoms with van der Waals surface area (Å²) < 4.78 is 0.384. The lowest BCUT2D eigenvalue weighted by Gasteiger charge is -2.12. The fourth-order valence-electron chi connectivity index (χ4n) is 1.18. The van der Waals surface area contributed by atoms with Crippen LogP contribution in [0, 0.1) is 0 Å². The molecule has 0 saturated heterocycles. The Morgan fingerprint density at radius 2 is 2.23 bits per heavy atom. The van der Waals surface area contributed by atoms with Gasteiger partial charge in [-0.1, -0.05) is 0 Å². The van der Waals surface area contributed by atoms with Crippen molar-refractivity contribution in [2.45, 2.75) is 24.0 Å². The molecule has 76 valence electrons. The van der Waals surface area contributed by atoms with Crippen molar-refractivity contribution < 1.29 is 4.79 Å². The summed E-state index contributed by atoms with van der Waals surface area (Å²) in [4.78, 5) is 11.2. The predicted octanol–water partition coefficient (Wildman–Crippen LogP) is 0.608. The van der Waals surface area contributed by atoms with E-state index < -0.39 is 0 Å². The number of carbonyl (C=O) groups is 1. The Labute approximate surface area is 84.0 Å². The molecule has 0 aromatic heterocycles. The molecule has 1 saturated carbocycles. The van der Waals surface area contributed by atoms with Crippen molar-refractivity contribution >= 4 is 17.7 Å². The second-order valence-electron chi connectivity index (χ2n) is 3.52. The molecule has 4 heteroatoms. The molecule has 0 radical (unpaired) electrons. The molecule has 0 aromatic carbocycles. The first-order valence-corrected chi connectivity index (χ1v) is 5.91. The van der Waals surface area contributed by atoms with Crippen LogP contribution >= 0.6 is 11.8 Å². The van der Waals surface area contributed by atoms with Gasteiger partial charge in [0.05, 0.1) is 0 Å². The van der Waals surface area contributed by atoms with Crippen molar-refractivity contribution in [2.75, 3.05) is 26.4 Å². The number of amides is 1. The van der Waals surface area contributed by atoms with Crippen LogP contribution in [0.1, 0.15) is 19.3 Å². The molecule has 1 aliphatic carbocycles. The highest BCUT2D eigenvalue weighted by atomic mass is 32.2. The topological polar surface area (TPSA) is 41.1 Å². The zero-order chi connectivity index (χ0) is 9.73. The van der Waals surface area contributed by atoms with Crippen molar-refractivity contribution in [3.05, 3.63) is 0 Å². The summed E-state index contributed by atoms with van der Waals surface area (Å²) >= 11 is 1.87. The minimum absolute atomic E-state index is 0.162. The largest absolute Gasteiger partial charge is 0.355 e. The summed E-state index contributed by atoms with van der Waals surface area (Å²) in [5, 5.41) is 5.93. The van der Waals surface area contributed by atoms with E-state index in [0.29, 0.717) is 11.2 Å². The predicted molar refractivity (Wildman–Crippen MR) is 57.0 cm³/mol. The Bertz CT molecular complexity index is 180. The quantitative estimate of drug-likeness (QED) is 0.663. The summed E-state index contributed by atoms with van der Waals surface area (Å²) in [6, 6.07) is 0. The van der Waals surface area contributed by atoms with E-state index in [9.17, 15) is 4.79 Å². The van der Waals surface area contributed by atoms with Crippen LogP contribution in [-0.4, -0.2) is 37.0 Å². The van der Waals surface area contributed by atoms with E-state index in [1.54, 1.807) is 0 Å². The fraction of sp³-hybridized carbons (Fsp3) is 0.889. The van der Waals surface area contributed by atoms with E-state index in [-0.39, 0.29) is 5.91 Å². The van der Waals surface area contributed by atoms with Crippen molar-refractivity contribution in [3.8, 4) is 0 Å². The standard InChI is InChI=1S/C9H18N2OS/c1-10-6-3-8(12)11-7-9(13-2)4-5-9/h10H,3-7H2,1-2H3,(H,11,12). The van der Waals surface area contributed by atoms with Gasteiger partial charge in [-0.2, -0.15) is 11.8 Å². The Morgan fingerprint density at radius 3 is 2.69 bits per heavy atom. The minimum Gasteiger partial charge on any atom is -0.355 e. The molecule has 0 unspecified atom stereocenters. The number of rotatable bonds is 6. The smallest absolute Gasteiger partial charge is 0.221 e. The molecule has 0 aromatic rings. The molecule has 2 N–H and O–H groups in total. The van der Waals surface area contributed by atoms with Crippen molar-refractivity contribution in [1.82, 2.24) is 10.6 Å². The molecule has 0 atom stereocenters. The van der Waals surface area contributed by atoms with Gasteiger partial charge in [-0.25, -0.2) is 0 Å². The number of nitrogens with one attached hydrogen (secondary N) is 2. The lowest BCUT2D eigenvalue weighted by molar-refractivity contribution is -0.120. The van der Waals surface area contributed by atoms with Gasteiger partial charge in [-0.3, -0.25) is 4.79 Å². The molecular weight excluding hydrogens is 184 g/mol. The van der Waals surface area contributed by atoms with Crippen molar-refractivity contribution in [1.29, 1.82) is 0 Å².